The Morgan fingerprint density at radius 2 is 1.93 bits per heavy atom. The lowest BCUT2D eigenvalue weighted by Gasteiger charge is -2.06. The molecule has 2 N–H and O–H groups in total. The van der Waals surface area contributed by atoms with Gasteiger partial charge < -0.3 is 14.9 Å². The van der Waals surface area contributed by atoms with Crippen molar-refractivity contribution < 1.29 is 0 Å². The van der Waals surface area contributed by atoms with E-state index in [-0.39, 0.29) is 0 Å². The standard InChI is InChI=1S/C10H15N5/c1-14-6-3-12-9(14)2-5-15-7-4-13-10(15)8-11/h3-4,6-7H,2,5,8,11H2,1H3. The fourth-order valence-corrected chi connectivity index (χ4v) is 1.59. The average molecular weight is 205 g/mol. The fraction of sp³-hybridized carbons (Fsp3) is 0.400. The molecule has 0 aliphatic carbocycles. The molecule has 15 heavy (non-hydrogen) atoms. The Labute approximate surface area is 88.6 Å². The van der Waals surface area contributed by atoms with Gasteiger partial charge in [-0.2, -0.15) is 0 Å². The van der Waals surface area contributed by atoms with Crippen molar-refractivity contribution in [3.8, 4) is 0 Å². The van der Waals surface area contributed by atoms with Crippen LogP contribution in [0.15, 0.2) is 24.8 Å². The smallest absolute Gasteiger partial charge is 0.122 e. The summed E-state index contributed by atoms with van der Waals surface area (Å²) in [5, 5.41) is 0. The zero-order valence-electron chi connectivity index (χ0n) is 8.80. The summed E-state index contributed by atoms with van der Waals surface area (Å²) in [6.07, 6.45) is 8.39. The van der Waals surface area contributed by atoms with Crippen LogP contribution in [0.3, 0.4) is 0 Å². The molecule has 2 aromatic heterocycles. The molecule has 0 radical (unpaired) electrons. The molecule has 80 valence electrons. The Kier molecular flexibility index (Phi) is 2.82. The van der Waals surface area contributed by atoms with E-state index in [1.807, 2.05) is 30.2 Å². The Bertz CT molecular complexity index is 428. The third-order valence-electron chi connectivity index (χ3n) is 2.48. The highest BCUT2D eigenvalue weighted by atomic mass is 15.1. The van der Waals surface area contributed by atoms with Crippen LogP contribution in [0.1, 0.15) is 11.6 Å². The minimum Gasteiger partial charge on any atom is -0.338 e. The summed E-state index contributed by atoms with van der Waals surface area (Å²) in [5.41, 5.74) is 5.57. The molecule has 0 unspecified atom stereocenters. The van der Waals surface area contributed by atoms with Crippen LogP contribution < -0.4 is 5.73 Å². The van der Waals surface area contributed by atoms with Crippen molar-refractivity contribution in [1.82, 2.24) is 19.1 Å². The largest absolute Gasteiger partial charge is 0.338 e. The molecule has 0 aliphatic heterocycles. The quantitative estimate of drug-likeness (QED) is 0.781. The van der Waals surface area contributed by atoms with Gasteiger partial charge in [0.25, 0.3) is 0 Å². The maximum atomic E-state index is 5.57. The Hall–Kier alpha value is -1.62. The number of nitrogens with zero attached hydrogens (tertiary/aromatic N) is 4. The van der Waals surface area contributed by atoms with Gasteiger partial charge in [-0.05, 0) is 0 Å². The maximum Gasteiger partial charge on any atom is 0.122 e. The first-order chi connectivity index (χ1) is 7.31. The van der Waals surface area contributed by atoms with E-state index in [2.05, 4.69) is 14.5 Å². The normalized spacial score (nSPS) is 10.8. The Morgan fingerprint density at radius 3 is 2.60 bits per heavy atom. The van der Waals surface area contributed by atoms with Gasteiger partial charge in [-0.25, -0.2) is 9.97 Å². The first kappa shape index (κ1) is 9.92. The summed E-state index contributed by atoms with van der Waals surface area (Å²) in [5.74, 6) is 2.00. The minimum atomic E-state index is 0.480. The number of imidazole rings is 2. The summed E-state index contributed by atoms with van der Waals surface area (Å²) in [6, 6.07) is 0. The first-order valence-electron chi connectivity index (χ1n) is 4.97. The second-order valence-electron chi connectivity index (χ2n) is 3.45. The zero-order valence-corrected chi connectivity index (χ0v) is 8.80. The van der Waals surface area contributed by atoms with Crippen molar-refractivity contribution in [2.75, 3.05) is 0 Å². The van der Waals surface area contributed by atoms with E-state index < -0.39 is 0 Å². The zero-order chi connectivity index (χ0) is 10.7. The van der Waals surface area contributed by atoms with Crippen LogP contribution in [0.2, 0.25) is 0 Å². The number of aryl methyl sites for hydroxylation is 3. The molecule has 0 aliphatic rings. The van der Waals surface area contributed by atoms with E-state index in [1.165, 1.54) is 0 Å². The third kappa shape index (κ3) is 2.07. The van der Waals surface area contributed by atoms with Crippen LogP contribution in [0.5, 0.6) is 0 Å². The van der Waals surface area contributed by atoms with Crippen LogP contribution in [0, 0.1) is 0 Å². The van der Waals surface area contributed by atoms with E-state index in [1.54, 1.807) is 6.20 Å². The second-order valence-corrected chi connectivity index (χ2v) is 3.45. The van der Waals surface area contributed by atoms with Crippen molar-refractivity contribution in [3.63, 3.8) is 0 Å². The van der Waals surface area contributed by atoms with Crippen molar-refractivity contribution in [3.05, 3.63) is 36.4 Å². The van der Waals surface area contributed by atoms with Crippen LogP contribution in [-0.4, -0.2) is 19.1 Å². The highest BCUT2D eigenvalue weighted by molar-refractivity contribution is 4.95. The number of nitrogens with two attached hydrogens (primary N) is 1. The number of aromatic nitrogens is 4. The Balaban J connectivity index is 2.02. The summed E-state index contributed by atoms with van der Waals surface area (Å²) in [6.45, 7) is 1.35. The topological polar surface area (TPSA) is 61.7 Å². The van der Waals surface area contributed by atoms with Crippen LogP contribution in [-0.2, 0) is 26.6 Å². The van der Waals surface area contributed by atoms with E-state index in [4.69, 9.17) is 5.73 Å². The molecule has 2 heterocycles. The van der Waals surface area contributed by atoms with Gasteiger partial charge in [-0.15, -0.1) is 0 Å². The van der Waals surface area contributed by atoms with Gasteiger partial charge >= 0.3 is 0 Å². The van der Waals surface area contributed by atoms with Gasteiger partial charge in [0, 0.05) is 44.8 Å². The Morgan fingerprint density at radius 1 is 1.20 bits per heavy atom. The molecule has 0 fully saturated rings. The average Bonchev–Trinajstić information content (AvgIpc) is 2.83. The lowest BCUT2D eigenvalue weighted by Crippen LogP contribution is -2.11. The van der Waals surface area contributed by atoms with E-state index in [0.717, 1.165) is 24.6 Å². The predicted octanol–water partition coefficient (Wildman–Crippen LogP) is 0.318. The molecule has 5 nitrogen and oxygen atoms in total. The molecular formula is C10H15N5. The monoisotopic (exact) mass is 205 g/mol. The molecule has 0 saturated heterocycles. The van der Waals surface area contributed by atoms with Gasteiger partial charge in [0.1, 0.15) is 11.6 Å². The molecule has 5 heteroatoms. The first-order valence-corrected chi connectivity index (χ1v) is 4.97. The van der Waals surface area contributed by atoms with Gasteiger partial charge in [-0.1, -0.05) is 0 Å². The molecule has 0 saturated carbocycles. The predicted molar refractivity (Wildman–Crippen MR) is 57.0 cm³/mol. The maximum absolute atomic E-state index is 5.57. The van der Waals surface area contributed by atoms with Gasteiger partial charge in [0.15, 0.2) is 0 Å². The number of hydrogen-bond donors (Lipinski definition) is 1. The minimum absolute atomic E-state index is 0.480. The molecule has 2 aromatic rings. The van der Waals surface area contributed by atoms with Crippen molar-refractivity contribution >= 4 is 0 Å². The van der Waals surface area contributed by atoms with Gasteiger partial charge in [-0.3, -0.25) is 0 Å². The molecule has 2 rings (SSSR count). The molecule has 0 amide bonds. The summed E-state index contributed by atoms with van der Waals surface area (Å²) >= 11 is 0. The molecule has 0 aromatic carbocycles. The highest BCUT2D eigenvalue weighted by Gasteiger charge is 2.03. The molecule has 0 atom stereocenters. The summed E-state index contributed by atoms with van der Waals surface area (Å²) in [7, 11) is 2.00. The van der Waals surface area contributed by atoms with Gasteiger partial charge in [0.2, 0.25) is 0 Å². The summed E-state index contributed by atoms with van der Waals surface area (Å²) in [4.78, 5) is 8.44. The van der Waals surface area contributed by atoms with Crippen LogP contribution in [0.4, 0.5) is 0 Å². The van der Waals surface area contributed by atoms with Gasteiger partial charge in [0.05, 0.1) is 6.54 Å². The van der Waals surface area contributed by atoms with Crippen LogP contribution in [0.25, 0.3) is 0 Å². The highest BCUT2D eigenvalue weighted by Crippen LogP contribution is 2.01. The van der Waals surface area contributed by atoms with Crippen molar-refractivity contribution in [2.45, 2.75) is 19.5 Å². The second kappa shape index (κ2) is 4.27. The van der Waals surface area contributed by atoms with E-state index in [9.17, 15) is 0 Å². The fourth-order valence-electron chi connectivity index (χ4n) is 1.59. The number of hydrogen-bond acceptors (Lipinski definition) is 3. The molecule has 0 bridgehead atoms. The molecule has 0 spiro atoms. The summed E-state index contributed by atoms with van der Waals surface area (Å²) < 4.78 is 4.09. The lowest BCUT2D eigenvalue weighted by atomic mass is 10.4. The number of rotatable bonds is 4. The van der Waals surface area contributed by atoms with Crippen LogP contribution >= 0.6 is 0 Å². The lowest BCUT2D eigenvalue weighted by molar-refractivity contribution is 0.621. The SMILES string of the molecule is Cn1ccnc1CCn1ccnc1CN. The van der Waals surface area contributed by atoms with Crippen molar-refractivity contribution in [2.24, 2.45) is 12.8 Å². The third-order valence-corrected chi connectivity index (χ3v) is 2.48. The molecular weight excluding hydrogens is 190 g/mol. The van der Waals surface area contributed by atoms with Crippen molar-refractivity contribution in [1.29, 1.82) is 0 Å². The van der Waals surface area contributed by atoms with E-state index in [0.29, 0.717) is 6.54 Å². The van der Waals surface area contributed by atoms with E-state index >= 15 is 0 Å².